The van der Waals surface area contributed by atoms with Gasteiger partial charge in [-0.05, 0) is 49.9 Å². The zero-order chi connectivity index (χ0) is 18.3. The Bertz CT molecular complexity index is 772. The molecule has 142 valence electrons. The third-order valence-corrected chi connectivity index (χ3v) is 6.24. The molecule has 0 saturated carbocycles. The first-order valence-electron chi connectivity index (χ1n) is 9.05. The highest BCUT2D eigenvalue weighted by molar-refractivity contribution is 7.10. The molecular weight excluding hydrogens is 361 g/mol. The SMILES string of the molecule is Cc1cc(CN2CCC(c3nc(C(F)(F)F)n4c3CNCC4)CC2)cs1. The van der Waals surface area contributed by atoms with Crippen LogP contribution in [0.3, 0.4) is 0 Å². The number of thiophene rings is 1. The standard InChI is InChI=1S/C18H23F3N4S/c1-12-8-13(11-26-12)10-24-5-2-14(3-6-24)16-15-9-22-4-7-25(15)17(23-16)18(19,20)21/h8,11,14,22H,2-7,9-10H2,1H3. The first-order valence-corrected chi connectivity index (χ1v) is 9.93. The Kier molecular flexibility index (Phi) is 4.83. The highest BCUT2D eigenvalue weighted by atomic mass is 32.1. The van der Waals surface area contributed by atoms with Crippen LogP contribution in [-0.4, -0.2) is 34.1 Å². The summed E-state index contributed by atoms with van der Waals surface area (Å²) in [6.45, 7) is 6.22. The minimum absolute atomic E-state index is 0.118. The van der Waals surface area contributed by atoms with Gasteiger partial charge in [-0.3, -0.25) is 4.90 Å². The van der Waals surface area contributed by atoms with Crippen molar-refractivity contribution in [2.45, 2.75) is 51.5 Å². The van der Waals surface area contributed by atoms with Crippen molar-refractivity contribution in [3.05, 3.63) is 39.1 Å². The van der Waals surface area contributed by atoms with Crippen molar-refractivity contribution in [3.63, 3.8) is 0 Å². The fourth-order valence-corrected chi connectivity index (χ4v) is 4.78. The van der Waals surface area contributed by atoms with Crippen LogP contribution in [0.1, 0.15) is 46.4 Å². The Morgan fingerprint density at radius 2 is 2.04 bits per heavy atom. The number of hydrogen-bond acceptors (Lipinski definition) is 4. The van der Waals surface area contributed by atoms with Crippen molar-refractivity contribution >= 4 is 11.3 Å². The van der Waals surface area contributed by atoms with E-state index in [0.29, 0.717) is 25.3 Å². The van der Waals surface area contributed by atoms with E-state index in [9.17, 15) is 13.2 Å². The van der Waals surface area contributed by atoms with Gasteiger partial charge in [0.15, 0.2) is 0 Å². The molecule has 0 spiro atoms. The van der Waals surface area contributed by atoms with Crippen LogP contribution < -0.4 is 5.32 Å². The molecule has 2 aromatic rings. The summed E-state index contributed by atoms with van der Waals surface area (Å²) in [5, 5.41) is 5.38. The fraction of sp³-hybridized carbons (Fsp3) is 0.611. The third kappa shape index (κ3) is 3.54. The molecule has 1 saturated heterocycles. The van der Waals surface area contributed by atoms with Gasteiger partial charge in [0, 0.05) is 37.0 Å². The summed E-state index contributed by atoms with van der Waals surface area (Å²) in [6.07, 6.45) is -2.66. The Balaban J connectivity index is 1.48. The molecule has 2 aromatic heterocycles. The lowest BCUT2D eigenvalue weighted by molar-refractivity contribution is -0.147. The minimum Gasteiger partial charge on any atom is -0.322 e. The van der Waals surface area contributed by atoms with Gasteiger partial charge in [0.05, 0.1) is 11.4 Å². The molecule has 4 nitrogen and oxygen atoms in total. The number of aromatic nitrogens is 2. The summed E-state index contributed by atoms with van der Waals surface area (Å²) >= 11 is 1.76. The molecule has 0 unspecified atom stereocenters. The van der Waals surface area contributed by atoms with Crippen LogP contribution in [-0.2, 0) is 25.8 Å². The average Bonchev–Trinajstić information content (AvgIpc) is 3.19. The Labute approximate surface area is 155 Å². The fourth-order valence-electron chi connectivity index (χ4n) is 4.08. The van der Waals surface area contributed by atoms with Crippen LogP contribution in [0.5, 0.6) is 0 Å². The van der Waals surface area contributed by atoms with Gasteiger partial charge in [-0.25, -0.2) is 4.98 Å². The summed E-state index contributed by atoms with van der Waals surface area (Å²) in [5.74, 6) is -0.604. The van der Waals surface area contributed by atoms with Crippen molar-refractivity contribution in [3.8, 4) is 0 Å². The number of halogens is 3. The number of imidazole rings is 1. The molecule has 0 amide bonds. The summed E-state index contributed by atoms with van der Waals surface area (Å²) in [4.78, 5) is 7.78. The molecule has 4 heterocycles. The Hall–Kier alpha value is -1.38. The van der Waals surface area contributed by atoms with E-state index in [1.807, 2.05) is 0 Å². The molecule has 0 aliphatic carbocycles. The first-order chi connectivity index (χ1) is 12.4. The van der Waals surface area contributed by atoms with E-state index in [1.54, 1.807) is 11.3 Å². The van der Waals surface area contributed by atoms with Gasteiger partial charge in [0.2, 0.25) is 5.82 Å². The van der Waals surface area contributed by atoms with E-state index in [0.717, 1.165) is 38.2 Å². The number of nitrogens with one attached hydrogen (secondary N) is 1. The van der Waals surface area contributed by atoms with Gasteiger partial charge in [-0.2, -0.15) is 13.2 Å². The van der Waals surface area contributed by atoms with Gasteiger partial charge in [-0.15, -0.1) is 11.3 Å². The van der Waals surface area contributed by atoms with Crippen LogP contribution in [0.25, 0.3) is 0 Å². The topological polar surface area (TPSA) is 33.1 Å². The second-order valence-electron chi connectivity index (χ2n) is 7.21. The molecular formula is C18H23F3N4S. The molecule has 1 fully saturated rings. The number of fused-ring (bicyclic) bond motifs is 1. The summed E-state index contributed by atoms with van der Waals surface area (Å²) in [6, 6.07) is 2.21. The van der Waals surface area contributed by atoms with E-state index in [2.05, 4.69) is 33.6 Å². The van der Waals surface area contributed by atoms with Gasteiger partial charge < -0.3 is 9.88 Å². The normalized spacial score (nSPS) is 19.7. The molecule has 0 atom stereocenters. The highest BCUT2D eigenvalue weighted by Crippen LogP contribution is 2.36. The molecule has 0 radical (unpaired) electrons. The number of likely N-dealkylation sites (tertiary alicyclic amines) is 1. The van der Waals surface area contributed by atoms with Gasteiger partial charge in [0.25, 0.3) is 0 Å². The maximum absolute atomic E-state index is 13.4. The minimum atomic E-state index is -4.39. The predicted molar refractivity (Wildman–Crippen MR) is 95.2 cm³/mol. The lowest BCUT2D eigenvalue weighted by Gasteiger charge is -2.32. The zero-order valence-corrected chi connectivity index (χ0v) is 15.6. The number of hydrogen-bond donors (Lipinski definition) is 1. The maximum Gasteiger partial charge on any atom is 0.449 e. The van der Waals surface area contributed by atoms with Crippen molar-refractivity contribution in [2.75, 3.05) is 19.6 Å². The Morgan fingerprint density at radius 1 is 1.27 bits per heavy atom. The summed E-state index contributed by atoms with van der Waals surface area (Å²) < 4.78 is 41.4. The van der Waals surface area contributed by atoms with E-state index in [4.69, 9.17) is 0 Å². The first kappa shape index (κ1) is 18.0. The smallest absolute Gasteiger partial charge is 0.322 e. The molecule has 4 rings (SSSR count). The number of rotatable bonds is 3. The second-order valence-corrected chi connectivity index (χ2v) is 8.32. The van der Waals surface area contributed by atoms with Gasteiger partial charge >= 0.3 is 6.18 Å². The molecule has 2 aliphatic heterocycles. The number of aryl methyl sites for hydroxylation is 1. The van der Waals surface area contributed by atoms with Gasteiger partial charge in [0.1, 0.15) is 0 Å². The van der Waals surface area contributed by atoms with Crippen LogP contribution in [0.2, 0.25) is 0 Å². The summed E-state index contributed by atoms with van der Waals surface area (Å²) in [7, 11) is 0. The Morgan fingerprint density at radius 3 is 2.69 bits per heavy atom. The third-order valence-electron chi connectivity index (χ3n) is 5.33. The lowest BCUT2D eigenvalue weighted by atomic mass is 9.92. The molecule has 2 aliphatic rings. The predicted octanol–water partition coefficient (Wildman–Crippen LogP) is 3.75. The van der Waals surface area contributed by atoms with E-state index in [1.165, 1.54) is 15.0 Å². The average molecular weight is 384 g/mol. The second kappa shape index (κ2) is 6.98. The molecule has 1 N–H and O–H groups in total. The van der Waals surface area contributed by atoms with E-state index in [-0.39, 0.29) is 5.92 Å². The van der Waals surface area contributed by atoms with Crippen LogP contribution >= 0.6 is 11.3 Å². The number of piperidine rings is 1. The summed E-state index contributed by atoms with van der Waals surface area (Å²) in [5.41, 5.74) is 2.72. The lowest BCUT2D eigenvalue weighted by Crippen LogP contribution is -2.34. The molecule has 8 heteroatoms. The number of nitrogens with zero attached hydrogens (tertiary/aromatic N) is 3. The van der Waals surface area contributed by atoms with Crippen molar-refractivity contribution in [1.82, 2.24) is 19.8 Å². The van der Waals surface area contributed by atoms with Crippen molar-refractivity contribution in [1.29, 1.82) is 0 Å². The van der Waals surface area contributed by atoms with Crippen LogP contribution in [0.4, 0.5) is 13.2 Å². The van der Waals surface area contributed by atoms with E-state index >= 15 is 0 Å². The van der Waals surface area contributed by atoms with Gasteiger partial charge in [-0.1, -0.05) is 0 Å². The van der Waals surface area contributed by atoms with Crippen molar-refractivity contribution in [2.24, 2.45) is 0 Å². The number of alkyl halides is 3. The van der Waals surface area contributed by atoms with Crippen LogP contribution in [0.15, 0.2) is 11.4 Å². The van der Waals surface area contributed by atoms with E-state index < -0.39 is 12.0 Å². The van der Waals surface area contributed by atoms with Crippen molar-refractivity contribution < 1.29 is 13.2 Å². The molecule has 0 bridgehead atoms. The monoisotopic (exact) mass is 384 g/mol. The molecule has 26 heavy (non-hydrogen) atoms. The zero-order valence-electron chi connectivity index (χ0n) is 14.8. The van der Waals surface area contributed by atoms with Crippen LogP contribution in [0, 0.1) is 6.92 Å². The quantitative estimate of drug-likeness (QED) is 0.875. The maximum atomic E-state index is 13.4. The highest BCUT2D eigenvalue weighted by Gasteiger charge is 2.40. The largest absolute Gasteiger partial charge is 0.449 e. The molecule has 0 aromatic carbocycles.